The molecule has 7 aromatic carbocycles. The molecule has 7 aromatic rings. The predicted molar refractivity (Wildman–Crippen MR) is 160 cm³/mol. The van der Waals surface area contributed by atoms with Gasteiger partial charge >= 0.3 is 0 Å². The molecular weight excluding hydrogens is 446 g/mol. The fourth-order valence-electron chi connectivity index (χ4n) is 5.43. The Labute approximate surface area is 216 Å². The third-order valence-electron chi connectivity index (χ3n) is 7.22. The van der Waals surface area contributed by atoms with Crippen LogP contribution in [-0.4, -0.2) is 0 Å². The predicted octanol–water partition coefficient (Wildman–Crippen LogP) is 10.2. The molecule has 174 valence electrons. The van der Waals surface area contributed by atoms with Crippen molar-refractivity contribution in [3.05, 3.63) is 146 Å². The van der Waals surface area contributed by atoms with Gasteiger partial charge in [0.2, 0.25) is 0 Å². The zero-order valence-electron chi connectivity index (χ0n) is 20.4. The second-order valence-electron chi connectivity index (χ2n) is 9.50. The van der Waals surface area contributed by atoms with Gasteiger partial charge in [-0.3, -0.25) is 0 Å². The zero-order chi connectivity index (χ0) is 24.6. The van der Waals surface area contributed by atoms with Gasteiger partial charge in [-0.2, -0.15) is 0 Å². The van der Waals surface area contributed by atoms with Gasteiger partial charge in [0, 0.05) is 11.4 Å². The lowest BCUT2D eigenvalue weighted by Crippen LogP contribution is -1.91. The van der Waals surface area contributed by atoms with E-state index in [4.69, 9.17) is 0 Å². The minimum absolute atomic E-state index is 1.07. The molecule has 0 saturated heterocycles. The van der Waals surface area contributed by atoms with Crippen molar-refractivity contribution < 1.29 is 0 Å². The van der Waals surface area contributed by atoms with Crippen LogP contribution < -0.4 is 5.32 Å². The molecule has 0 amide bonds. The second-order valence-corrected chi connectivity index (χ2v) is 9.50. The lowest BCUT2D eigenvalue weighted by atomic mass is 9.93. The van der Waals surface area contributed by atoms with Crippen molar-refractivity contribution in [1.82, 2.24) is 0 Å². The van der Waals surface area contributed by atoms with Crippen LogP contribution in [0.15, 0.2) is 146 Å². The fraction of sp³-hybridized carbons (Fsp3) is 0. The third kappa shape index (κ3) is 3.91. The first-order valence-corrected chi connectivity index (χ1v) is 12.7. The van der Waals surface area contributed by atoms with Crippen LogP contribution in [0.1, 0.15) is 0 Å². The Morgan fingerprint density at radius 3 is 1.81 bits per heavy atom. The van der Waals surface area contributed by atoms with Crippen molar-refractivity contribution in [3.8, 4) is 22.3 Å². The van der Waals surface area contributed by atoms with Crippen molar-refractivity contribution in [2.75, 3.05) is 5.32 Å². The van der Waals surface area contributed by atoms with Crippen LogP contribution in [0.3, 0.4) is 0 Å². The first-order valence-electron chi connectivity index (χ1n) is 12.7. The smallest absolute Gasteiger partial charge is 0.0390 e. The minimum Gasteiger partial charge on any atom is -0.356 e. The number of hydrogen-bond acceptors (Lipinski definition) is 1. The Bertz CT molecular complexity index is 1890. The van der Waals surface area contributed by atoms with Gasteiger partial charge in [0.05, 0.1) is 0 Å². The molecule has 0 aliphatic rings. The van der Waals surface area contributed by atoms with Gasteiger partial charge in [0.1, 0.15) is 0 Å². The molecule has 0 radical (unpaired) electrons. The Balaban J connectivity index is 1.22. The standard InChI is InChI=1S/C36H25N/c1-3-14-31-25(9-1)11-8-18-32(31)27-12-7-13-30(23-27)37-29-21-19-26(20-22-29)36-24-28-10-2-4-15-33(28)34-16-5-6-17-35(34)36/h1-24,37H. The molecular formula is C36H25N. The molecule has 0 fully saturated rings. The van der Waals surface area contributed by atoms with Crippen LogP contribution in [0.4, 0.5) is 11.4 Å². The van der Waals surface area contributed by atoms with E-state index < -0.39 is 0 Å². The lowest BCUT2D eigenvalue weighted by Gasteiger charge is -2.13. The van der Waals surface area contributed by atoms with E-state index in [1.54, 1.807) is 0 Å². The molecule has 0 spiro atoms. The zero-order valence-corrected chi connectivity index (χ0v) is 20.4. The topological polar surface area (TPSA) is 12.0 Å². The van der Waals surface area contributed by atoms with Crippen molar-refractivity contribution in [3.63, 3.8) is 0 Å². The normalized spacial score (nSPS) is 11.2. The number of fused-ring (bicyclic) bond motifs is 4. The molecule has 1 nitrogen and oxygen atoms in total. The van der Waals surface area contributed by atoms with Crippen LogP contribution in [0, 0.1) is 0 Å². The lowest BCUT2D eigenvalue weighted by molar-refractivity contribution is 1.54. The highest BCUT2D eigenvalue weighted by atomic mass is 14.9. The number of anilines is 2. The number of rotatable bonds is 4. The Morgan fingerprint density at radius 2 is 0.973 bits per heavy atom. The van der Waals surface area contributed by atoms with Gasteiger partial charge in [-0.25, -0.2) is 0 Å². The van der Waals surface area contributed by atoms with Gasteiger partial charge in [-0.15, -0.1) is 0 Å². The number of benzene rings is 7. The molecule has 1 heteroatoms. The van der Waals surface area contributed by atoms with Crippen molar-refractivity contribution in [2.45, 2.75) is 0 Å². The monoisotopic (exact) mass is 471 g/mol. The maximum atomic E-state index is 3.61. The van der Waals surface area contributed by atoms with E-state index in [0.29, 0.717) is 0 Å². The summed E-state index contributed by atoms with van der Waals surface area (Å²) in [6.07, 6.45) is 0. The van der Waals surface area contributed by atoms with Gasteiger partial charge in [0.25, 0.3) is 0 Å². The summed E-state index contributed by atoms with van der Waals surface area (Å²) in [4.78, 5) is 0. The SMILES string of the molecule is c1cc(Nc2ccc(-c3cc4ccccc4c4ccccc34)cc2)cc(-c2cccc3ccccc23)c1. The van der Waals surface area contributed by atoms with E-state index in [-0.39, 0.29) is 0 Å². The van der Waals surface area contributed by atoms with E-state index in [0.717, 1.165) is 11.4 Å². The van der Waals surface area contributed by atoms with E-state index in [9.17, 15) is 0 Å². The van der Waals surface area contributed by atoms with Crippen LogP contribution in [-0.2, 0) is 0 Å². The maximum Gasteiger partial charge on any atom is 0.0390 e. The summed E-state index contributed by atoms with van der Waals surface area (Å²) in [5.41, 5.74) is 7.09. The Hall–Kier alpha value is -4.88. The molecule has 7 rings (SSSR count). The fourth-order valence-corrected chi connectivity index (χ4v) is 5.43. The molecule has 0 aromatic heterocycles. The Morgan fingerprint density at radius 1 is 0.324 bits per heavy atom. The number of hydrogen-bond donors (Lipinski definition) is 1. The van der Waals surface area contributed by atoms with Crippen molar-refractivity contribution in [1.29, 1.82) is 0 Å². The molecule has 0 unspecified atom stereocenters. The van der Waals surface area contributed by atoms with Crippen LogP contribution in [0.5, 0.6) is 0 Å². The van der Waals surface area contributed by atoms with Crippen molar-refractivity contribution in [2.24, 2.45) is 0 Å². The van der Waals surface area contributed by atoms with Crippen molar-refractivity contribution >= 4 is 43.7 Å². The van der Waals surface area contributed by atoms with E-state index in [1.165, 1.54) is 54.6 Å². The summed E-state index contributed by atoms with van der Waals surface area (Å²) in [7, 11) is 0. The summed E-state index contributed by atoms with van der Waals surface area (Å²) in [6.45, 7) is 0. The minimum atomic E-state index is 1.07. The van der Waals surface area contributed by atoms with Crippen LogP contribution >= 0.6 is 0 Å². The first kappa shape index (κ1) is 21.4. The molecule has 0 heterocycles. The second kappa shape index (κ2) is 8.96. The molecule has 0 bridgehead atoms. The molecule has 0 atom stereocenters. The molecule has 1 N–H and O–H groups in total. The third-order valence-corrected chi connectivity index (χ3v) is 7.22. The summed E-state index contributed by atoms with van der Waals surface area (Å²) >= 11 is 0. The summed E-state index contributed by atoms with van der Waals surface area (Å²) in [5.74, 6) is 0. The average molecular weight is 472 g/mol. The van der Waals surface area contributed by atoms with E-state index >= 15 is 0 Å². The maximum absolute atomic E-state index is 3.61. The van der Waals surface area contributed by atoms with E-state index in [1.807, 2.05) is 0 Å². The van der Waals surface area contributed by atoms with Gasteiger partial charge in [-0.05, 0) is 84.9 Å². The summed E-state index contributed by atoms with van der Waals surface area (Å²) in [6, 6.07) is 52.1. The van der Waals surface area contributed by atoms with Crippen LogP contribution in [0.25, 0.3) is 54.6 Å². The van der Waals surface area contributed by atoms with Gasteiger partial charge in [0.15, 0.2) is 0 Å². The largest absolute Gasteiger partial charge is 0.356 e. The van der Waals surface area contributed by atoms with Crippen LogP contribution in [0.2, 0.25) is 0 Å². The highest BCUT2D eigenvalue weighted by Gasteiger charge is 2.09. The summed E-state index contributed by atoms with van der Waals surface area (Å²) in [5, 5.41) is 11.3. The summed E-state index contributed by atoms with van der Waals surface area (Å²) < 4.78 is 0. The first-order chi connectivity index (χ1) is 18.3. The average Bonchev–Trinajstić information content (AvgIpc) is 2.97. The highest BCUT2D eigenvalue weighted by molar-refractivity contribution is 6.13. The quantitative estimate of drug-likeness (QED) is 0.252. The number of nitrogens with one attached hydrogen (secondary N) is 1. The molecule has 37 heavy (non-hydrogen) atoms. The highest BCUT2D eigenvalue weighted by Crippen LogP contribution is 2.36. The Kier molecular flexibility index (Phi) is 5.19. The van der Waals surface area contributed by atoms with Gasteiger partial charge in [-0.1, -0.05) is 115 Å². The van der Waals surface area contributed by atoms with Gasteiger partial charge < -0.3 is 5.32 Å². The molecule has 0 aliphatic carbocycles. The molecule has 0 aliphatic heterocycles. The molecule has 0 saturated carbocycles. The van der Waals surface area contributed by atoms with E-state index in [2.05, 4.69) is 151 Å².